The Hall–Kier alpha value is -3.48. The van der Waals surface area contributed by atoms with Crippen molar-refractivity contribution in [2.24, 2.45) is 5.92 Å². The van der Waals surface area contributed by atoms with Crippen molar-refractivity contribution in [1.29, 1.82) is 0 Å². The number of benzene rings is 2. The molecule has 0 bridgehead atoms. The van der Waals surface area contributed by atoms with Crippen molar-refractivity contribution in [3.8, 4) is 0 Å². The Kier molecular flexibility index (Phi) is 3.76. The van der Waals surface area contributed by atoms with Crippen LogP contribution in [0.3, 0.4) is 0 Å². The van der Waals surface area contributed by atoms with Crippen molar-refractivity contribution in [3.63, 3.8) is 0 Å². The summed E-state index contributed by atoms with van der Waals surface area (Å²) in [6.45, 7) is 0. The van der Waals surface area contributed by atoms with Crippen molar-refractivity contribution in [2.45, 2.75) is 12.8 Å². The molecule has 2 aromatic rings. The smallest absolute Gasteiger partial charge is 0.326 e. The van der Waals surface area contributed by atoms with E-state index in [4.69, 9.17) is 4.84 Å². The summed E-state index contributed by atoms with van der Waals surface area (Å²) in [5.74, 6) is -2.14. The second kappa shape index (κ2) is 6.11. The maximum atomic E-state index is 12.2. The van der Waals surface area contributed by atoms with Crippen molar-refractivity contribution in [2.75, 3.05) is 5.32 Å². The number of nitrogens with one attached hydrogen (secondary N) is 1. The Balaban J connectivity index is 1.44. The van der Waals surface area contributed by atoms with Crippen LogP contribution < -0.4 is 5.32 Å². The second-order valence-corrected chi connectivity index (χ2v) is 6.17. The zero-order chi connectivity index (χ0) is 18.3. The molecule has 26 heavy (non-hydrogen) atoms. The maximum Gasteiger partial charge on any atom is 0.363 e. The third-order valence-electron chi connectivity index (χ3n) is 4.27. The Bertz CT molecular complexity index is 896. The summed E-state index contributed by atoms with van der Waals surface area (Å²) in [6, 6.07) is 12.3. The topological polar surface area (TPSA) is 92.8 Å². The lowest BCUT2D eigenvalue weighted by molar-refractivity contribution is -0.117. The first-order chi connectivity index (χ1) is 12.5. The van der Waals surface area contributed by atoms with Crippen molar-refractivity contribution in [1.82, 2.24) is 5.06 Å². The predicted octanol–water partition coefficient (Wildman–Crippen LogP) is 2.40. The molecule has 0 saturated heterocycles. The van der Waals surface area contributed by atoms with Gasteiger partial charge in [-0.3, -0.25) is 14.4 Å². The Labute approximate surface area is 148 Å². The highest BCUT2D eigenvalue weighted by molar-refractivity contribution is 6.21. The van der Waals surface area contributed by atoms with Gasteiger partial charge >= 0.3 is 5.97 Å². The number of nitrogens with zero attached hydrogens (tertiary/aromatic N) is 1. The van der Waals surface area contributed by atoms with E-state index in [1.54, 1.807) is 24.3 Å². The van der Waals surface area contributed by atoms with Gasteiger partial charge in [-0.25, -0.2) is 4.79 Å². The molecular weight excluding hydrogens is 336 g/mol. The van der Waals surface area contributed by atoms with Crippen LogP contribution in [0.1, 0.15) is 43.9 Å². The number of hydroxylamine groups is 2. The van der Waals surface area contributed by atoms with E-state index in [9.17, 15) is 19.2 Å². The molecule has 1 aliphatic heterocycles. The molecule has 0 radical (unpaired) electrons. The van der Waals surface area contributed by atoms with E-state index in [0.29, 0.717) is 10.8 Å². The van der Waals surface area contributed by atoms with Crippen molar-refractivity contribution < 1.29 is 24.0 Å². The van der Waals surface area contributed by atoms with Crippen LogP contribution >= 0.6 is 0 Å². The SMILES string of the molecule is O=C(ON1C(=O)c2ccccc2C1=O)c1ccc(NC(=O)C2CC2)cc1. The van der Waals surface area contributed by atoms with Gasteiger partial charge in [0.15, 0.2) is 0 Å². The lowest BCUT2D eigenvalue weighted by Gasteiger charge is -2.13. The molecule has 1 heterocycles. The number of carbonyl (C=O) groups excluding carboxylic acids is 4. The van der Waals surface area contributed by atoms with Gasteiger partial charge in [0.2, 0.25) is 5.91 Å². The monoisotopic (exact) mass is 350 g/mol. The summed E-state index contributed by atoms with van der Waals surface area (Å²) < 4.78 is 0. The van der Waals surface area contributed by atoms with E-state index in [2.05, 4.69) is 5.32 Å². The third kappa shape index (κ3) is 2.83. The molecule has 0 atom stereocenters. The summed E-state index contributed by atoms with van der Waals surface area (Å²) >= 11 is 0. The molecule has 1 saturated carbocycles. The highest BCUT2D eigenvalue weighted by atomic mass is 16.7. The molecule has 0 spiro atoms. The molecule has 2 aromatic carbocycles. The van der Waals surface area contributed by atoms with Gasteiger partial charge in [-0.2, -0.15) is 0 Å². The predicted molar refractivity (Wildman–Crippen MR) is 90.2 cm³/mol. The van der Waals surface area contributed by atoms with Crippen LogP contribution in [0, 0.1) is 5.92 Å². The average Bonchev–Trinajstić information content (AvgIpc) is 3.47. The molecule has 1 aliphatic carbocycles. The molecule has 130 valence electrons. The highest BCUT2D eigenvalue weighted by Gasteiger charge is 2.38. The van der Waals surface area contributed by atoms with E-state index in [0.717, 1.165) is 12.8 Å². The van der Waals surface area contributed by atoms with Gasteiger partial charge in [-0.1, -0.05) is 17.2 Å². The van der Waals surface area contributed by atoms with E-state index >= 15 is 0 Å². The van der Waals surface area contributed by atoms with Gasteiger partial charge in [-0.05, 0) is 49.2 Å². The normalized spacial score (nSPS) is 15.6. The fourth-order valence-corrected chi connectivity index (χ4v) is 2.67. The van der Waals surface area contributed by atoms with Gasteiger partial charge in [0.1, 0.15) is 0 Å². The number of amides is 3. The first kappa shape index (κ1) is 16.0. The minimum atomic E-state index is -0.834. The summed E-state index contributed by atoms with van der Waals surface area (Å²) in [6.07, 6.45) is 1.80. The van der Waals surface area contributed by atoms with Crippen LogP contribution in [0.5, 0.6) is 0 Å². The number of rotatable bonds is 4. The standard InChI is InChI=1S/C19H14N2O5/c22-16(11-5-6-11)20-13-9-7-12(8-10-13)19(25)26-21-17(23)14-3-1-2-4-15(14)18(21)24/h1-4,7-11H,5-6H2,(H,20,22). The van der Waals surface area contributed by atoms with Crippen LogP contribution in [0.2, 0.25) is 0 Å². The second-order valence-electron chi connectivity index (χ2n) is 6.17. The zero-order valence-electron chi connectivity index (χ0n) is 13.6. The van der Waals surface area contributed by atoms with E-state index in [-0.39, 0.29) is 28.5 Å². The van der Waals surface area contributed by atoms with Gasteiger partial charge in [-0.15, -0.1) is 0 Å². The molecule has 1 N–H and O–H groups in total. The lowest BCUT2D eigenvalue weighted by atomic mass is 10.1. The van der Waals surface area contributed by atoms with E-state index < -0.39 is 17.8 Å². The molecule has 0 aromatic heterocycles. The number of hydrogen-bond acceptors (Lipinski definition) is 5. The van der Waals surface area contributed by atoms with Crippen LogP contribution in [-0.2, 0) is 9.63 Å². The third-order valence-corrected chi connectivity index (χ3v) is 4.27. The Morgan fingerprint density at radius 3 is 2.04 bits per heavy atom. The number of anilines is 1. The summed E-state index contributed by atoms with van der Waals surface area (Å²) in [7, 11) is 0. The number of hydrogen-bond donors (Lipinski definition) is 1. The van der Waals surface area contributed by atoms with Crippen LogP contribution in [0.4, 0.5) is 5.69 Å². The molecule has 7 nitrogen and oxygen atoms in total. The molecule has 2 aliphatic rings. The van der Waals surface area contributed by atoms with Crippen molar-refractivity contribution in [3.05, 3.63) is 65.2 Å². The van der Waals surface area contributed by atoms with Crippen molar-refractivity contribution >= 4 is 29.4 Å². The minimum absolute atomic E-state index is 0.0358. The molecule has 3 amide bonds. The van der Waals surface area contributed by atoms with E-state index in [1.165, 1.54) is 24.3 Å². The molecular formula is C19H14N2O5. The molecule has 4 rings (SSSR count). The zero-order valence-corrected chi connectivity index (χ0v) is 13.6. The Morgan fingerprint density at radius 2 is 1.50 bits per heavy atom. The molecule has 1 fully saturated rings. The van der Waals surface area contributed by atoms with Crippen LogP contribution in [0.25, 0.3) is 0 Å². The van der Waals surface area contributed by atoms with E-state index in [1.807, 2.05) is 0 Å². The number of fused-ring (bicyclic) bond motifs is 1. The minimum Gasteiger partial charge on any atom is -0.326 e. The Morgan fingerprint density at radius 1 is 0.923 bits per heavy atom. The largest absolute Gasteiger partial charge is 0.363 e. The van der Waals surface area contributed by atoms with Crippen LogP contribution in [0.15, 0.2) is 48.5 Å². The first-order valence-corrected chi connectivity index (χ1v) is 8.15. The number of carbonyl (C=O) groups is 4. The highest BCUT2D eigenvalue weighted by Crippen LogP contribution is 2.30. The quantitative estimate of drug-likeness (QED) is 0.855. The summed E-state index contributed by atoms with van der Waals surface area (Å²) in [4.78, 5) is 53.3. The van der Waals surface area contributed by atoms with Gasteiger partial charge in [0.25, 0.3) is 11.8 Å². The fraction of sp³-hybridized carbons (Fsp3) is 0.158. The maximum absolute atomic E-state index is 12.2. The summed E-state index contributed by atoms with van der Waals surface area (Å²) in [5, 5.41) is 3.23. The first-order valence-electron chi connectivity index (χ1n) is 8.15. The summed E-state index contributed by atoms with van der Waals surface area (Å²) in [5.41, 5.74) is 1.12. The molecule has 0 unspecified atom stereocenters. The van der Waals surface area contributed by atoms with Crippen LogP contribution in [-0.4, -0.2) is 28.8 Å². The lowest BCUT2D eigenvalue weighted by Crippen LogP contribution is -2.32. The van der Waals surface area contributed by atoms with Gasteiger partial charge in [0.05, 0.1) is 16.7 Å². The van der Waals surface area contributed by atoms with Gasteiger partial charge < -0.3 is 10.2 Å². The number of imide groups is 1. The average molecular weight is 350 g/mol. The molecule has 7 heteroatoms. The van der Waals surface area contributed by atoms with Gasteiger partial charge in [0, 0.05) is 11.6 Å². The fourth-order valence-electron chi connectivity index (χ4n) is 2.67.